The summed E-state index contributed by atoms with van der Waals surface area (Å²) in [6.07, 6.45) is 1.22. The molecule has 0 saturated heterocycles. The number of hydrogen-bond acceptors (Lipinski definition) is 9. The van der Waals surface area contributed by atoms with Crippen LogP contribution in [0.2, 0.25) is 0 Å². The van der Waals surface area contributed by atoms with Crippen LogP contribution in [0.4, 0.5) is 23.0 Å². The van der Waals surface area contributed by atoms with E-state index in [2.05, 4.69) is 20.6 Å². The standard InChI is InChI=1S/C18H23N5O5/c1-12(2)10-28-18(24)13-4-6-14(7-5-13)22-17-15(23(25)26)16(20-11-21-17)19-8-9-27-3/h4-7,11-12H,8-10H2,1-3H3,(H2,19,20,21,22). The molecule has 1 aromatic carbocycles. The lowest BCUT2D eigenvalue weighted by Crippen LogP contribution is -2.12. The van der Waals surface area contributed by atoms with Gasteiger partial charge in [-0.2, -0.15) is 0 Å². The van der Waals surface area contributed by atoms with E-state index in [0.717, 1.165) is 0 Å². The maximum Gasteiger partial charge on any atom is 0.353 e. The molecule has 2 rings (SSSR count). The SMILES string of the molecule is COCCNc1ncnc(Nc2ccc(C(=O)OCC(C)C)cc2)c1[N+](=O)[O-]. The Morgan fingerprint density at radius 3 is 2.50 bits per heavy atom. The van der Waals surface area contributed by atoms with Gasteiger partial charge in [0.2, 0.25) is 11.6 Å². The lowest BCUT2D eigenvalue weighted by molar-refractivity contribution is -0.383. The van der Waals surface area contributed by atoms with E-state index in [4.69, 9.17) is 9.47 Å². The molecule has 0 spiro atoms. The van der Waals surface area contributed by atoms with E-state index in [1.807, 2.05) is 13.8 Å². The second-order valence-electron chi connectivity index (χ2n) is 6.29. The molecule has 28 heavy (non-hydrogen) atoms. The molecule has 0 aliphatic heterocycles. The van der Waals surface area contributed by atoms with E-state index in [1.165, 1.54) is 13.4 Å². The van der Waals surface area contributed by atoms with Crippen LogP contribution in [0.15, 0.2) is 30.6 Å². The van der Waals surface area contributed by atoms with Gasteiger partial charge in [-0.15, -0.1) is 0 Å². The number of methoxy groups -OCH3 is 1. The number of nitrogens with zero attached hydrogens (tertiary/aromatic N) is 3. The van der Waals surface area contributed by atoms with Gasteiger partial charge < -0.3 is 20.1 Å². The Labute approximate surface area is 162 Å². The van der Waals surface area contributed by atoms with E-state index >= 15 is 0 Å². The minimum absolute atomic E-state index is 0.0371. The average Bonchev–Trinajstić information content (AvgIpc) is 2.66. The monoisotopic (exact) mass is 389 g/mol. The van der Waals surface area contributed by atoms with Crippen molar-refractivity contribution in [2.75, 3.05) is 37.5 Å². The van der Waals surface area contributed by atoms with Crippen LogP contribution in [0.5, 0.6) is 0 Å². The summed E-state index contributed by atoms with van der Waals surface area (Å²) in [6.45, 7) is 4.98. The number of carbonyl (C=O) groups excluding carboxylic acids is 1. The number of rotatable bonds is 10. The predicted molar refractivity (Wildman–Crippen MR) is 104 cm³/mol. The van der Waals surface area contributed by atoms with Crippen molar-refractivity contribution in [3.05, 3.63) is 46.3 Å². The Morgan fingerprint density at radius 1 is 1.21 bits per heavy atom. The second kappa shape index (κ2) is 10.2. The Balaban J connectivity index is 2.15. The average molecular weight is 389 g/mol. The zero-order valence-corrected chi connectivity index (χ0v) is 16.0. The van der Waals surface area contributed by atoms with Crippen molar-refractivity contribution in [2.45, 2.75) is 13.8 Å². The summed E-state index contributed by atoms with van der Waals surface area (Å²) in [5.41, 5.74) is 0.648. The van der Waals surface area contributed by atoms with Crippen molar-refractivity contribution < 1.29 is 19.2 Å². The molecule has 0 fully saturated rings. The third-order valence-corrected chi connectivity index (χ3v) is 3.53. The number of ether oxygens (including phenoxy) is 2. The molecule has 1 heterocycles. The fourth-order valence-corrected chi connectivity index (χ4v) is 2.20. The van der Waals surface area contributed by atoms with Crippen molar-refractivity contribution in [3.63, 3.8) is 0 Å². The van der Waals surface area contributed by atoms with E-state index in [0.29, 0.717) is 31.0 Å². The molecule has 0 aliphatic carbocycles. The number of benzene rings is 1. The third kappa shape index (κ3) is 5.88. The topological polar surface area (TPSA) is 129 Å². The van der Waals surface area contributed by atoms with Gasteiger partial charge >= 0.3 is 11.7 Å². The molecule has 10 heteroatoms. The van der Waals surface area contributed by atoms with Gasteiger partial charge in [0.1, 0.15) is 6.33 Å². The molecular weight excluding hydrogens is 366 g/mol. The van der Waals surface area contributed by atoms with Gasteiger partial charge in [-0.3, -0.25) is 10.1 Å². The number of carbonyl (C=O) groups is 1. The predicted octanol–water partition coefficient (Wildman–Crippen LogP) is 3.00. The second-order valence-corrected chi connectivity index (χ2v) is 6.29. The largest absolute Gasteiger partial charge is 0.462 e. The third-order valence-electron chi connectivity index (χ3n) is 3.53. The van der Waals surface area contributed by atoms with Crippen LogP contribution in [0.1, 0.15) is 24.2 Å². The number of esters is 1. The number of nitro groups is 1. The van der Waals surface area contributed by atoms with Gasteiger partial charge in [0.25, 0.3) is 0 Å². The van der Waals surface area contributed by atoms with Crippen molar-refractivity contribution in [3.8, 4) is 0 Å². The van der Waals surface area contributed by atoms with Crippen LogP contribution in [-0.4, -0.2) is 47.7 Å². The van der Waals surface area contributed by atoms with Crippen molar-refractivity contribution >= 4 is 29.0 Å². The number of hydrogen-bond donors (Lipinski definition) is 2. The van der Waals surface area contributed by atoms with Crippen LogP contribution >= 0.6 is 0 Å². The summed E-state index contributed by atoms with van der Waals surface area (Å²) in [7, 11) is 1.53. The summed E-state index contributed by atoms with van der Waals surface area (Å²) in [4.78, 5) is 30.8. The molecule has 0 unspecified atom stereocenters. The molecule has 1 aromatic heterocycles. The van der Waals surface area contributed by atoms with Gasteiger partial charge in [0, 0.05) is 19.3 Å². The Hall–Kier alpha value is -3.27. The maximum atomic E-state index is 12.0. The minimum Gasteiger partial charge on any atom is -0.462 e. The van der Waals surface area contributed by atoms with Crippen LogP contribution in [0, 0.1) is 16.0 Å². The first-order chi connectivity index (χ1) is 13.4. The lowest BCUT2D eigenvalue weighted by atomic mass is 10.2. The molecule has 150 valence electrons. The molecule has 0 saturated carbocycles. The van der Waals surface area contributed by atoms with E-state index in [9.17, 15) is 14.9 Å². The van der Waals surface area contributed by atoms with Crippen LogP contribution in [0.25, 0.3) is 0 Å². The minimum atomic E-state index is -0.560. The molecule has 10 nitrogen and oxygen atoms in total. The highest BCUT2D eigenvalue weighted by atomic mass is 16.6. The first-order valence-electron chi connectivity index (χ1n) is 8.68. The van der Waals surface area contributed by atoms with Gasteiger partial charge in [0.05, 0.1) is 23.7 Å². The highest BCUT2D eigenvalue weighted by Gasteiger charge is 2.23. The quantitative estimate of drug-likeness (QED) is 0.273. The fraction of sp³-hybridized carbons (Fsp3) is 0.389. The molecule has 2 N–H and O–H groups in total. The first-order valence-corrected chi connectivity index (χ1v) is 8.68. The first kappa shape index (κ1) is 21.0. The van der Waals surface area contributed by atoms with Crippen molar-refractivity contribution in [1.29, 1.82) is 0 Å². The highest BCUT2D eigenvalue weighted by molar-refractivity contribution is 5.90. The molecular formula is C18H23N5O5. The van der Waals surface area contributed by atoms with Crippen molar-refractivity contribution in [1.82, 2.24) is 9.97 Å². The highest BCUT2D eigenvalue weighted by Crippen LogP contribution is 2.31. The summed E-state index contributed by atoms with van der Waals surface area (Å²) in [5, 5.41) is 17.2. The van der Waals surface area contributed by atoms with E-state index in [-0.39, 0.29) is 23.2 Å². The Kier molecular flexibility index (Phi) is 7.64. The Morgan fingerprint density at radius 2 is 1.89 bits per heavy atom. The molecule has 0 aliphatic rings. The number of nitrogens with one attached hydrogen (secondary N) is 2. The van der Waals surface area contributed by atoms with Crippen LogP contribution in [0.3, 0.4) is 0 Å². The van der Waals surface area contributed by atoms with E-state index in [1.54, 1.807) is 24.3 Å². The van der Waals surface area contributed by atoms with Crippen LogP contribution < -0.4 is 10.6 Å². The summed E-state index contributed by atoms with van der Waals surface area (Å²) < 4.78 is 10.1. The van der Waals surface area contributed by atoms with Gasteiger partial charge in [-0.05, 0) is 30.2 Å². The van der Waals surface area contributed by atoms with Gasteiger partial charge in [-0.1, -0.05) is 13.8 Å². The van der Waals surface area contributed by atoms with Gasteiger partial charge in [0.15, 0.2) is 0 Å². The number of aromatic nitrogens is 2. The molecule has 0 atom stereocenters. The summed E-state index contributed by atoms with van der Waals surface area (Å²) >= 11 is 0. The molecule has 0 radical (unpaired) electrons. The van der Waals surface area contributed by atoms with Crippen LogP contribution in [-0.2, 0) is 9.47 Å². The summed E-state index contributed by atoms with van der Waals surface area (Å²) in [5.74, 6) is -0.0451. The summed E-state index contributed by atoms with van der Waals surface area (Å²) in [6, 6.07) is 6.40. The molecule has 0 amide bonds. The van der Waals surface area contributed by atoms with E-state index < -0.39 is 10.9 Å². The smallest absolute Gasteiger partial charge is 0.353 e. The zero-order chi connectivity index (χ0) is 20.5. The zero-order valence-electron chi connectivity index (χ0n) is 16.0. The number of anilines is 3. The Bertz CT molecular complexity index is 811. The lowest BCUT2D eigenvalue weighted by Gasteiger charge is -2.10. The van der Waals surface area contributed by atoms with Crippen molar-refractivity contribution in [2.24, 2.45) is 5.92 Å². The van der Waals surface area contributed by atoms with Gasteiger partial charge in [-0.25, -0.2) is 14.8 Å². The molecule has 0 bridgehead atoms. The molecule has 2 aromatic rings. The maximum absolute atomic E-state index is 12.0. The fourth-order valence-electron chi connectivity index (χ4n) is 2.20. The normalized spacial score (nSPS) is 10.6.